The molecule has 3 heterocycles. The molecule has 2 fully saturated rings. The number of nitrogens with one attached hydrogen (secondary N) is 1. The van der Waals surface area contributed by atoms with Crippen LogP contribution in [0.15, 0.2) is 4.52 Å². The Kier molecular flexibility index (Phi) is 3.24. The first-order valence-corrected chi connectivity index (χ1v) is 7.12. The van der Waals surface area contributed by atoms with Crippen LogP contribution in [0.4, 0.5) is 5.95 Å². The van der Waals surface area contributed by atoms with Crippen molar-refractivity contribution in [3.05, 3.63) is 5.89 Å². The Labute approximate surface area is 108 Å². The molecule has 0 amide bonds. The third kappa shape index (κ3) is 2.23. The van der Waals surface area contributed by atoms with Gasteiger partial charge in [0.25, 0.3) is 5.95 Å². The quantitative estimate of drug-likeness (QED) is 0.870. The van der Waals surface area contributed by atoms with Gasteiger partial charge >= 0.3 is 0 Å². The van der Waals surface area contributed by atoms with Gasteiger partial charge in [-0.1, -0.05) is 12.8 Å². The highest BCUT2D eigenvalue weighted by Gasteiger charge is 2.36. The second-order valence-corrected chi connectivity index (χ2v) is 5.66. The lowest BCUT2D eigenvalue weighted by Crippen LogP contribution is -2.33. The molecule has 1 unspecified atom stereocenters. The van der Waals surface area contributed by atoms with Gasteiger partial charge in [-0.3, -0.25) is 0 Å². The first-order chi connectivity index (χ1) is 8.78. The van der Waals surface area contributed by atoms with E-state index in [1.54, 1.807) is 0 Å². The molecule has 1 atom stereocenters. The van der Waals surface area contributed by atoms with Gasteiger partial charge < -0.3 is 14.7 Å². The summed E-state index contributed by atoms with van der Waals surface area (Å²) in [7, 11) is 0. The van der Waals surface area contributed by atoms with E-state index in [4.69, 9.17) is 4.52 Å². The number of aromatic nitrogens is 2. The van der Waals surface area contributed by atoms with E-state index in [0.29, 0.717) is 0 Å². The summed E-state index contributed by atoms with van der Waals surface area (Å²) in [6.45, 7) is 5.31. The highest BCUT2D eigenvalue weighted by molar-refractivity contribution is 5.28. The fourth-order valence-corrected chi connectivity index (χ4v) is 2.92. The van der Waals surface area contributed by atoms with Crippen LogP contribution in [0.2, 0.25) is 0 Å². The predicted octanol–water partition coefficient (Wildman–Crippen LogP) is 2.05. The monoisotopic (exact) mass is 250 g/mol. The second-order valence-electron chi connectivity index (χ2n) is 5.66. The van der Waals surface area contributed by atoms with Crippen molar-refractivity contribution < 1.29 is 4.52 Å². The van der Waals surface area contributed by atoms with Crippen LogP contribution < -0.4 is 10.2 Å². The number of anilines is 1. The van der Waals surface area contributed by atoms with Gasteiger partial charge in [0, 0.05) is 13.1 Å². The van der Waals surface area contributed by atoms with Crippen LogP contribution in [0.1, 0.15) is 51.3 Å². The molecule has 3 rings (SSSR count). The fourth-order valence-electron chi connectivity index (χ4n) is 2.92. The van der Waals surface area contributed by atoms with Crippen molar-refractivity contribution in [2.75, 3.05) is 24.5 Å². The van der Waals surface area contributed by atoms with E-state index in [2.05, 4.69) is 27.3 Å². The van der Waals surface area contributed by atoms with Crippen LogP contribution in [0.25, 0.3) is 0 Å². The van der Waals surface area contributed by atoms with Crippen LogP contribution in [-0.2, 0) is 5.54 Å². The molecule has 0 aliphatic carbocycles. The summed E-state index contributed by atoms with van der Waals surface area (Å²) in [4.78, 5) is 6.88. The number of nitrogens with zero attached hydrogens (tertiary/aromatic N) is 3. The first kappa shape index (κ1) is 12.0. The summed E-state index contributed by atoms with van der Waals surface area (Å²) >= 11 is 0. The minimum Gasteiger partial charge on any atom is -0.338 e. The minimum absolute atomic E-state index is 0.114. The van der Waals surface area contributed by atoms with Crippen molar-refractivity contribution in [3.63, 3.8) is 0 Å². The maximum absolute atomic E-state index is 5.48. The van der Waals surface area contributed by atoms with Gasteiger partial charge in [0.05, 0.1) is 5.54 Å². The van der Waals surface area contributed by atoms with Gasteiger partial charge in [-0.2, -0.15) is 4.98 Å². The number of hydrogen-bond acceptors (Lipinski definition) is 5. The van der Waals surface area contributed by atoms with E-state index in [1.165, 1.54) is 32.1 Å². The van der Waals surface area contributed by atoms with E-state index in [9.17, 15) is 0 Å². The summed E-state index contributed by atoms with van der Waals surface area (Å²) < 4.78 is 5.48. The van der Waals surface area contributed by atoms with Gasteiger partial charge in [-0.15, -0.1) is 0 Å². The maximum atomic E-state index is 5.48. The molecule has 2 aliphatic rings. The van der Waals surface area contributed by atoms with Crippen LogP contribution in [0.3, 0.4) is 0 Å². The van der Waals surface area contributed by atoms with Crippen LogP contribution in [-0.4, -0.2) is 29.8 Å². The van der Waals surface area contributed by atoms with E-state index in [-0.39, 0.29) is 5.54 Å². The van der Waals surface area contributed by atoms with Crippen LogP contribution in [0, 0.1) is 0 Å². The minimum atomic E-state index is -0.114. The van der Waals surface area contributed by atoms with Crippen molar-refractivity contribution in [2.45, 2.75) is 51.0 Å². The lowest BCUT2D eigenvalue weighted by atomic mass is 10.0. The van der Waals surface area contributed by atoms with Gasteiger partial charge in [-0.05, 0) is 44.3 Å². The Morgan fingerprint density at radius 2 is 1.94 bits per heavy atom. The van der Waals surface area contributed by atoms with Gasteiger partial charge in [0.1, 0.15) is 0 Å². The molecule has 2 saturated heterocycles. The van der Waals surface area contributed by atoms with Crippen molar-refractivity contribution >= 4 is 5.95 Å². The molecule has 5 heteroatoms. The molecule has 0 bridgehead atoms. The lowest BCUT2D eigenvalue weighted by molar-refractivity contribution is 0.275. The standard InChI is InChI=1S/C13H22N4O/c1-13(7-6-8-14-13)11-15-12(16-18-11)17-9-4-2-3-5-10-17/h14H,2-10H2,1H3. The number of rotatable bonds is 2. The fraction of sp³-hybridized carbons (Fsp3) is 0.846. The first-order valence-electron chi connectivity index (χ1n) is 7.12. The summed E-state index contributed by atoms with van der Waals surface area (Å²) in [5.41, 5.74) is -0.114. The van der Waals surface area contributed by atoms with Crippen molar-refractivity contribution in [1.29, 1.82) is 0 Å². The number of hydrogen-bond donors (Lipinski definition) is 1. The Morgan fingerprint density at radius 1 is 1.17 bits per heavy atom. The van der Waals surface area contributed by atoms with Gasteiger partial charge in [0.15, 0.2) is 0 Å². The highest BCUT2D eigenvalue weighted by Crippen LogP contribution is 2.30. The average molecular weight is 250 g/mol. The molecule has 2 aliphatic heterocycles. The van der Waals surface area contributed by atoms with E-state index in [0.717, 1.165) is 37.9 Å². The van der Waals surface area contributed by atoms with E-state index >= 15 is 0 Å². The zero-order valence-corrected chi connectivity index (χ0v) is 11.1. The van der Waals surface area contributed by atoms with E-state index in [1.807, 2.05) is 0 Å². The largest absolute Gasteiger partial charge is 0.338 e. The normalized spacial score (nSPS) is 29.5. The SMILES string of the molecule is CC1(c2nc(N3CCCCCC3)no2)CCCN1. The molecular formula is C13H22N4O. The van der Waals surface area contributed by atoms with Crippen LogP contribution in [0.5, 0.6) is 0 Å². The summed E-state index contributed by atoms with van der Waals surface area (Å²) in [6, 6.07) is 0. The lowest BCUT2D eigenvalue weighted by Gasteiger charge is -2.19. The topological polar surface area (TPSA) is 54.2 Å². The van der Waals surface area contributed by atoms with Gasteiger partial charge in [-0.25, -0.2) is 0 Å². The van der Waals surface area contributed by atoms with E-state index < -0.39 is 0 Å². The third-order valence-electron chi connectivity index (χ3n) is 4.14. The van der Waals surface area contributed by atoms with Crippen molar-refractivity contribution in [1.82, 2.24) is 15.5 Å². The zero-order valence-electron chi connectivity index (χ0n) is 11.1. The molecule has 1 aromatic rings. The predicted molar refractivity (Wildman–Crippen MR) is 69.6 cm³/mol. The Balaban J connectivity index is 1.76. The molecule has 18 heavy (non-hydrogen) atoms. The van der Waals surface area contributed by atoms with Crippen molar-refractivity contribution in [3.8, 4) is 0 Å². The van der Waals surface area contributed by atoms with Gasteiger partial charge in [0.2, 0.25) is 5.89 Å². The third-order valence-corrected chi connectivity index (χ3v) is 4.14. The average Bonchev–Trinajstić information content (AvgIpc) is 2.94. The van der Waals surface area contributed by atoms with Crippen LogP contribution >= 0.6 is 0 Å². The molecule has 0 spiro atoms. The zero-order chi connectivity index (χ0) is 12.4. The highest BCUT2D eigenvalue weighted by atomic mass is 16.5. The molecule has 100 valence electrons. The molecule has 5 nitrogen and oxygen atoms in total. The molecule has 1 N–H and O–H groups in total. The molecule has 0 aromatic carbocycles. The Bertz CT molecular complexity index is 389. The maximum Gasteiger partial charge on any atom is 0.266 e. The summed E-state index contributed by atoms with van der Waals surface area (Å²) in [5, 5.41) is 7.63. The molecule has 0 radical (unpaired) electrons. The molecule has 0 saturated carbocycles. The second kappa shape index (κ2) is 4.88. The molecule has 1 aromatic heterocycles. The Morgan fingerprint density at radius 3 is 2.61 bits per heavy atom. The van der Waals surface area contributed by atoms with Crippen molar-refractivity contribution in [2.24, 2.45) is 0 Å². The summed E-state index contributed by atoms with van der Waals surface area (Å²) in [5.74, 6) is 1.53. The summed E-state index contributed by atoms with van der Waals surface area (Å²) in [6.07, 6.45) is 7.37. The molecular weight excluding hydrogens is 228 g/mol. The smallest absolute Gasteiger partial charge is 0.266 e. The Hall–Kier alpha value is -1.10.